The van der Waals surface area contributed by atoms with E-state index in [0.29, 0.717) is 12.2 Å². The van der Waals surface area contributed by atoms with E-state index in [1.54, 1.807) is 12.1 Å². The third kappa shape index (κ3) is 5.28. The molecule has 0 aromatic carbocycles. The Morgan fingerprint density at radius 3 is 2.68 bits per heavy atom. The second kappa shape index (κ2) is 7.64. The third-order valence-corrected chi connectivity index (χ3v) is 3.37. The lowest BCUT2D eigenvalue weighted by atomic mass is 10.1. The number of carbonyl (C=O) groups is 1. The molecule has 0 fully saturated rings. The van der Waals surface area contributed by atoms with Gasteiger partial charge in [0.2, 0.25) is 11.8 Å². The smallest absolute Gasteiger partial charge is 0.421 e. The quantitative estimate of drug-likeness (QED) is 0.826. The number of nitrogens with zero attached hydrogens (tertiary/aromatic N) is 3. The second-order valence-corrected chi connectivity index (χ2v) is 5.78. The molecule has 0 aliphatic carbocycles. The van der Waals surface area contributed by atoms with Gasteiger partial charge in [-0.25, -0.2) is 9.67 Å². The van der Waals surface area contributed by atoms with Gasteiger partial charge in [-0.15, -0.1) is 0 Å². The monoisotopic (exact) mass is 356 g/mol. The number of rotatable bonds is 7. The number of pyridine rings is 1. The third-order valence-electron chi connectivity index (χ3n) is 3.37. The molecule has 0 saturated carbocycles. The summed E-state index contributed by atoms with van der Waals surface area (Å²) in [6.45, 7) is 4.20. The first kappa shape index (κ1) is 18.9. The lowest BCUT2D eigenvalue weighted by molar-refractivity contribution is -0.141. The fourth-order valence-electron chi connectivity index (χ4n) is 1.92. The van der Waals surface area contributed by atoms with Crippen LogP contribution in [0.1, 0.15) is 25.2 Å². The fourth-order valence-corrected chi connectivity index (χ4v) is 1.92. The molecule has 0 bridgehead atoms. The Labute approximate surface area is 143 Å². The number of alkyl halides is 3. The first-order valence-corrected chi connectivity index (χ1v) is 7.65. The van der Waals surface area contributed by atoms with Crippen molar-refractivity contribution in [3.05, 3.63) is 35.7 Å². The Morgan fingerprint density at radius 1 is 1.36 bits per heavy atom. The van der Waals surface area contributed by atoms with Gasteiger partial charge in [-0.3, -0.25) is 4.79 Å². The van der Waals surface area contributed by atoms with Crippen molar-refractivity contribution < 1.29 is 22.7 Å². The minimum Gasteiger partial charge on any atom is -0.421 e. The van der Waals surface area contributed by atoms with Gasteiger partial charge in [0, 0.05) is 31.6 Å². The highest BCUT2D eigenvalue weighted by Crippen LogP contribution is 2.31. The van der Waals surface area contributed by atoms with Gasteiger partial charge < -0.3 is 10.1 Å². The maximum atomic E-state index is 12.7. The molecule has 0 spiro atoms. The van der Waals surface area contributed by atoms with E-state index in [1.807, 2.05) is 13.8 Å². The van der Waals surface area contributed by atoms with Crippen LogP contribution in [-0.4, -0.2) is 27.1 Å². The van der Waals surface area contributed by atoms with E-state index in [0.717, 1.165) is 10.7 Å². The van der Waals surface area contributed by atoms with Crippen molar-refractivity contribution in [3.63, 3.8) is 0 Å². The molecule has 25 heavy (non-hydrogen) atoms. The van der Waals surface area contributed by atoms with Gasteiger partial charge in [-0.05, 0) is 6.07 Å². The molecule has 6 nitrogen and oxygen atoms in total. The summed E-state index contributed by atoms with van der Waals surface area (Å²) >= 11 is 0. The minimum atomic E-state index is -4.54. The molecular weight excluding hydrogens is 337 g/mol. The van der Waals surface area contributed by atoms with E-state index in [-0.39, 0.29) is 30.0 Å². The van der Waals surface area contributed by atoms with Gasteiger partial charge in [-0.1, -0.05) is 19.9 Å². The highest BCUT2D eigenvalue weighted by atomic mass is 19.4. The molecule has 0 radical (unpaired) electrons. The fraction of sp³-hybridized carbons (Fsp3) is 0.438. The lowest BCUT2D eigenvalue weighted by Gasteiger charge is -2.08. The maximum absolute atomic E-state index is 12.7. The van der Waals surface area contributed by atoms with Crippen molar-refractivity contribution >= 4 is 5.78 Å². The number of carbonyl (C=O) groups excluding carboxylic acids is 1. The molecule has 2 aromatic heterocycles. The van der Waals surface area contributed by atoms with Crippen LogP contribution >= 0.6 is 0 Å². The van der Waals surface area contributed by atoms with Crippen molar-refractivity contribution in [1.82, 2.24) is 20.1 Å². The van der Waals surface area contributed by atoms with E-state index in [1.165, 1.54) is 13.1 Å². The summed E-state index contributed by atoms with van der Waals surface area (Å²) in [4.78, 5) is 15.8. The Kier molecular flexibility index (Phi) is 5.78. The van der Waals surface area contributed by atoms with Crippen molar-refractivity contribution in [3.8, 4) is 11.8 Å². The molecule has 1 N–H and O–H groups in total. The topological polar surface area (TPSA) is 69.0 Å². The Morgan fingerprint density at radius 2 is 2.08 bits per heavy atom. The minimum absolute atomic E-state index is 0.0530. The number of aryl methyl sites for hydroxylation is 1. The first-order chi connectivity index (χ1) is 11.7. The molecule has 136 valence electrons. The molecule has 0 atom stereocenters. The summed E-state index contributed by atoms with van der Waals surface area (Å²) in [6.07, 6.45) is -4.54. The zero-order chi connectivity index (χ0) is 18.6. The highest BCUT2D eigenvalue weighted by molar-refractivity contribution is 5.82. The number of Topliss-reactive ketones (excluding diaryl/α,β-unsaturated/α-hetero) is 1. The summed E-state index contributed by atoms with van der Waals surface area (Å²) in [6, 6.07) is 5.74. The van der Waals surface area contributed by atoms with Gasteiger partial charge in [0.1, 0.15) is 5.78 Å². The molecule has 0 aliphatic heterocycles. The number of ketones is 1. The summed E-state index contributed by atoms with van der Waals surface area (Å²) < 4.78 is 44.4. The van der Waals surface area contributed by atoms with Crippen LogP contribution in [0.5, 0.6) is 11.8 Å². The number of hydrogen-bond acceptors (Lipinski definition) is 5. The predicted molar refractivity (Wildman–Crippen MR) is 84.1 cm³/mol. The van der Waals surface area contributed by atoms with E-state index in [2.05, 4.69) is 15.4 Å². The first-order valence-electron chi connectivity index (χ1n) is 7.65. The molecule has 9 heteroatoms. The van der Waals surface area contributed by atoms with Crippen LogP contribution in [0.4, 0.5) is 13.2 Å². The van der Waals surface area contributed by atoms with Crippen molar-refractivity contribution in [1.29, 1.82) is 0 Å². The summed E-state index contributed by atoms with van der Waals surface area (Å²) in [5.41, 5.74) is -0.428. The highest BCUT2D eigenvalue weighted by Gasteiger charge is 2.35. The number of aromatic nitrogens is 3. The largest absolute Gasteiger partial charge is 0.435 e. The standard InChI is InChI=1S/C16H19F3N4O2/c1-10(2)12(24)9-20-8-11-5-4-6-14(21-11)25-15-7-13(16(17,18)19)22-23(15)3/h4-7,10,20H,8-9H2,1-3H3. The molecule has 2 heterocycles. The lowest BCUT2D eigenvalue weighted by Crippen LogP contribution is -2.26. The SMILES string of the molecule is CC(C)C(=O)CNCc1cccc(Oc2cc(C(F)(F)F)nn2C)n1. The average Bonchev–Trinajstić information content (AvgIpc) is 2.89. The zero-order valence-corrected chi connectivity index (χ0v) is 14.1. The van der Waals surface area contributed by atoms with Crippen LogP contribution in [0, 0.1) is 5.92 Å². The average molecular weight is 356 g/mol. The number of hydrogen-bond donors (Lipinski definition) is 1. The van der Waals surface area contributed by atoms with Gasteiger partial charge in [0.25, 0.3) is 0 Å². The molecule has 2 aromatic rings. The van der Waals surface area contributed by atoms with Crippen LogP contribution in [0.15, 0.2) is 24.3 Å². The maximum Gasteiger partial charge on any atom is 0.435 e. The predicted octanol–water partition coefficient (Wildman–Crippen LogP) is 2.94. The van der Waals surface area contributed by atoms with Crippen molar-refractivity contribution in [2.75, 3.05) is 6.54 Å². The van der Waals surface area contributed by atoms with E-state index in [9.17, 15) is 18.0 Å². The molecule has 0 unspecified atom stereocenters. The van der Waals surface area contributed by atoms with Crippen LogP contribution in [0.3, 0.4) is 0 Å². The normalized spacial score (nSPS) is 11.8. The molecule has 0 aliphatic rings. The van der Waals surface area contributed by atoms with Gasteiger partial charge in [0.15, 0.2) is 5.69 Å². The zero-order valence-electron chi connectivity index (χ0n) is 14.1. The van der Waals surface area contributed by atoms with Gasteiger partial charge in [0.05, 0.1) is 12.2 Å². The number of nitrogens with one attached hydrogen (secondary N) is 1. The van der Waals surface area contributed by atoms with E-state index >= 15 is 0 Å². The van der Waals surface area contributed by atoms with Crippen LogP contribution in [0.25, 0.3) is 0 Å². The summed E-state index contributed by atoms with van der Waals surface area (Å²) in [7, 11) is 1.35. The Hall–Kier alpha value is -2.42. The number of ether oxygens (including phenoxy) is 1. The van der Waals surface area contributed by atoms with Crippen LogP contribution in [-0.2, 0) is 24.6 Å². The second-order valence-electron chi connectivity index (χ2n) is 5.78. The van der Waals surface area contributed by atoms with Crippen LogP contribution in [0.2, 0.25) is 0 Å². The van der Waals surface area contributed by atoms with Gasteiger partial charge >= 0.3 is 6.18 Å². The van der Waals surface area contributed by atoms with Crippen molar-refractivity contribution in [2.24, 2.45) is 13.0 Å². The molecular formula is C16H19F3N4O2. The Bertz CT molecular complexity index is 741. The van der Waals surface area contributed by atoms with Crippen LogP contribution < -0.4 is 10.1 Å². The van der Waals surface area contributed by atoms with E-state index in [4.69, 9.17) is 4.74 Å². The van der Waals surface area contributed by atoms with Crippen molar-refractivity contribution in [2.45, 2.75) is 26.6 Å². The Balaban J connectivity index is 2.02. The summed E-state index contributed by atoms with van der Waals surface area (Å²) in [5.74, 6) is 0.107. The molecule has 0 saturated heterocycles. The summed E-state index contributed by atoms with van der Waals surface area (Å²) in [5, 5.41) is 6.35. The molecule has 0 amide bonds. The number of halogens is 3. The van der Waals surface area contributed by atoms with E-state index < -0.39 is 11.9 Å². The van der Waals surface area contributed by atoms with Gasteiger partial charge in [-0.2, -0.15) is 18.3 Å². The molecule has 2 rings (SSSR count).